The highest BCUT2D eigenvalue weighted by Crippen LogP contribution is 2.35. The zero-order valence-electron chi connectivity index (χ0n) is 13.0. The number of benzene rings is 2. The lowest BCUT2D eigenvalue weighted by Crippen LogP contribution is -2.40. The van der Waals surface area contributed by atoms with E-state index in [-0.39, 0.29) is 5.02 Å². The number of imide groups is 1. The van der Waals surface area contributed by atoms with Crippen LogP contribution in [0.15, 0.2) is 42.5 Å². The molecular weight excluding hydrogens is 351 g/mol. The first-order valence-electron chi connectivity index (χ1n) is 7.13. The maximum Gasteiger partial charge on any atom is 0.329 e. The molecule has 2 aromatic rings. The molecule has 1 saturated heterocycles. The summed E-state index contributed by atoms with van der Waals surface area (Å²) in [5.74, 6) is 0.197. The summed E-state index contributed by atoms with van der Waals surface area (Å²) in [7, 11) is 1.54. The summed E-state index contributed by atoms with van der Waals surface area (Å²) in [6.45, 7) is 1.65. The first kappa shape index (κ1) is 16.6. The van der Waals surface area contributed by atoms with Gasteiger partial charge in [0.05, 0.1) is 22.8 Å². The van der Waals surface area contributed by atoms with Crippen molar-refractivity contribution in [3.8, 4) is 5.75 Å². The third-order valence-corrected chi connectivity index (χ3v) is 4.74. The lowest BCUT2D eigenvalue weighted by atomic mass is 9.92. The number of urea groups is 1. The van der Waals surface area contributed by atoms with Crippen LogP contribution < -0.4 is 15.0 Å². The number of rotatable bonds is 3. The number of nitrogens with zero attached hydrogens (tertiary/aromatic N) is 1. The van der Waals surface area contributed by atoms with Gasteiger partial charge in [-0.15, -0.1) is 0 Å². The van der Waals surface area contributed by atoms with Crippen molar-refractivity contribution in [1.29, 1.82) is 0 Å². The number of hydrogen-bond donors (Lipinski definition) is 1. The Balaban J connectivity index is 2.02. The molecule has 1 atom stereocenters. The summed E-state index contributed by atoms with van der Waals surface area (Å²) < 4.78 is 5.19. The summed E-state index contributed by atoms with van der Waals surface area (Å²) in [5.41, 5.74) is -0.209. The standard InChI is InChI=1S/C17H14Cl2N2O3/c1-17(10-4-3-5-12(8-10)24-2)15(22)21(16(23)20-17)11-6-7-13(18)14(19)9-11/h3-9H,1-2H3,(H,20,23). The summed E-state index contributed by atoms with van der Waals surface area (Å²) in [6, 6.07) is 11.1. The van der Waals surface area contributed by atoms with E-state index in [1.165, 1.54) is 6.07 Å². The van der Waals surface area contributed by atoms with Gasteiger partial charge < -0.3 is 10.1 Å². The fourth-order valence-corrected chi connectivity index (χ4v) is 2.92. The molecule has 3 rings (SSSR count). The molecule has 0 spiro atoms. The smallest absolute Gasteiger partial charge is 0.329 e. The van der Waals surface area contributed by atoms with Crippen LogP contribution in [-0.2, 0) is 10.3 Å². The summed E-state index contributed by atoms with van der Waals surface area (Å²) >= 11 is 11.9. The second-order valence-electron chi connectivity index (χ2n) is 5.53. The molecular formula is C17H14Cl2N2O3. The molecule has 24 heavy (non-hydrogen) atoms. The van der Waals surface area contributed by atoms with Gasteiger partial charge in [-0.05, 0) is 42.8 Å². The van der Waals surface area contributed by atoms with Gasteiger partial charge in [0.1, 0.15) is 11.3 Å². The average Bonchev–Trinajstić information content (AvgIpc) is 2.81. The van der Waals surface area contributed by atoms with Gasteiger partial charge in [0.2, 0.25) is 0 Å². The Labute approximate surface area is 149 Å². The van der Waals surface area contributed by atoms with Gasteiger partial charge in [-0.3, -0.25) is 4.79 Å². The predicted molar refractivity (Wildman–Crippen MR) is 92.8 cm³/mol. The molecule has 0 bridgehead atoms. The zero-order valence-corrected chi connectivity index (χ0v) is 14.5. The van der Waals surface area contributed by atoms with Crippen LogP contribution in [0.2, 0.25) is 10.0 Å². The highest BCUT2D eigenvalue weighted by Gasteiger charge is 2.49. The molecule has 7 heteroatoms. The minimum Gasteiger partial charge on any atom is -0.497 e. The molecule has 0 aromatic heterocycles. The minimum atomic E-state index is -1.20. The van der Waals surface area contributed by atoms with E-state index in [0.29, 0.717) is 22.0 Å². The monoisotopic (exact) mass is 364 g/mol. The van der Waals surface area contributed by atoms with Crippen molar-refractivity contribution in [1.82, 2.24) is 5.32 Å². The van der Waals surface area contributed by atoms with E-state index < -0.39 is 17.5 Å². The molecule has 1 N–H and O–H groups in total. The number of halogens is 2. The molecule has 0 saturated carbocycles. The van der Waals surface area contributed by atoms with Crippen LogP contribution in [0.4, 0.5) is 10.5 Å². The van der Waals surface area contributed by atoms with E-state index >= 15 is 0 Å². The van der Waals surface area contributed by atoms with Crippen LogP contribution in [0.3, 0.4) is 0 Å². The molecule has 1 aliphatic heterocycles. The van der Waals surface area contributed by atoms with Crippen molar-refractivity contribution in [3.05, 3.63) is 58.1 Å². The van der Waals surface area contributed by atoms with E-state index in [1.807, 2.05) is 0 Å². The SMILES string of the molecule is COc1cccc(C2(C)NC(=O)N(c3ccc(Cl)c(Cl)c3)C2=O)c1. The third kappa shape index (κ3) is 2.60. The van der Waals surface area contributed by atoms with Crippen molar-refractivity contribution in [2.45, 2.75) is 12.5 Å². The van der Waals surface area contributed by atoms with E-state index in [0.717, 1.165) is 4.90 Å². The number of carbonyl (C=O) groups is 2. The first-order chi connectivity index (χ1) is 11.4. The Hall–Kier alpha value is -2.24. The van der Waals surface area contributed by atoms with Crippen LogP contribution in [0, 0.1) is 0 Å². The first-order valence-corrected chi connectivity index (χ1v) is 7.88. The van der Waals surface area contributed by atoms with Gasteiger partial charge in [0, 0.05) is 0 Å². The van der Waals surface area contributed by atoms with E-state index in [9.17, 15) is 9.59 Å². The Morgan fingerprint density at radius 2 is 1.83 bits per heavy atom. The highest BCUT2D eigenvalue weighted by molar-refractivity contribution is 6.42. The number of ether oxygens (including phenoxy) is 1. The molecule has 1 fully saturated rings. The quantitative estimate of drug-likeness (QED) is 0.838. The molecule has 124 valence electrons. The van der Waals surface area contributed by atoms with E-state index in [1.54, 1.807) is 50.4 Å². The van der Waals surface area contributed by atoms with Crippen LogP contribution in [0.25, 0.3) is 0 Å². The fourth-order valence-electron chi connectivity index (χ4n) is 2.63. The van der Waals surface area contributed by atoms with Crippen molar-refractivity contribution >= 4 is 40.8 Å². The zero-order chi connectivity index (χ0) is 17.5. The number of anilines is 1. The number of methoxy groups -OCH3 is 1. The number of nitrogens with one attached hydrogen (secondary N) is 1. The highest BCUT2D eigenvalue weighted by atomic mass is 35.5. The van der Waals surface area contributed by atoms with Gasteiger partial charge in [-0.1, -0.05) is 35.3 Å². The predicted octanol–water partition coefficient (Wildman–Crippen LogP) is 3.97. The second-order valence-corrected chi connectivity index (χ2v) is 6.34. The lowest BCUT2D eigenvalue weighted by molar-refractivity contribution is -0.121. The summed E-state index contributed by atoms with van der Waals surface area (Å²) in [6.07, 6.45) is 0. The van der Waals surface area contributed by atoms with Gasteiger partial charge in [0.15, 0.2) is 0 Å². The minimum absolute atomic E-state index is 0.268. The number of carbonyl (C=O) groups excluding carboxylic acids is 2. The normalized spacial score (nSPS) is 20.2. The summed E-state index contributed by atoms with van der Waals surface area (Å²) in [4.78, 5) is 26.4. The topological polar surface area (TPSA) is 58.6 Å². The largest absolute Gasteiger partial charge is 0.497 e. The molecule has 1 unspecified atom stereocenters. The molecule has 3 amide bonds. The molecule has 1 heterocycles. The summed E-state index contributed by atoms with van der Waals surface area (Å²) in [5, 5.41) is 3.35. The van der Waals surface area contributed by atoms with Crippen LogP contribution >= 0.6 is 23.2 Å². The van der Waals surface area contributed by atoms with Crippen LogP contribution in [-0.4, -0.2) is 19.0 Å². The molecule has 2 aromatic carbocycles. The van der Waals surface area contributed by atoms with Gasteiger partial charge in [-0.25, -0.2) is 9.69 Å². The van der Waals surface area contributed by atoms with E-state index in [2.05, 4.69) is 5.32 Å². The number of amides is 3. The van der Waals surface area contributed by atoms with Crippen molar-refractivity contribution in [3.63, 3.8) is 0 Å². The average molecular weight is 365 g/mol. The van der Waals surface area contributed by atoms with Crippen LogP contribution in [0.5, 0.6) is 5.75 Å². The van der Waals surface area contributed by atoms with E-state index in [4.69, 9.17) is 27.9 Å². The van der Waals surface area contributed by atoms with Gasteiger partial charge in [0.25, 0.3) is 5.91 Å². The Morgan fingerprint density at radius 1 is 1.08 bits per heavy atom. The third-order valence-electron chi connectivity index (χ3n) is 4.00. The van der Waals surface area contributed by atoms with Crippen molar-refractivity contribution in [2.75, 3.05) is 12.0 Å². The lowest BCUT2D eigenvalue weighted by Gasteiger charge is -2.22. The second kappa shape index (κ2) is 6.00. The van der Waals surface area contributed by atoms with Gasteiger partial charge in [-0.2, -0.15) is 0 Å². The van der Waals surface area contributed by atoms with Crippen molar-refractivity contribution < 1.29 is 14.3 Å². The maximum absolute atomic E-state index is 13.0. The fraction of sp³-hybridized carbons (Fsp3) is 0.176. The van der Waals surface area contributed by atoms with Gasteiger partial charge >= 0.3 is 6.03 Å². The Bertz CT molecular complexity index is 840. The Morgan fingerprint density at radius 3 is 2.50 bits per heavy atom. The van der Waals surface area contributed by atoms with Crippen LogP contribution in [0.1, 0.15) is 12.5 Å². The molecule has 0 aliphatic carbocycles. The Kier molecular flexibility index (Phi) is 4.15. The maximum atomic E-state index is 13.0. The van der Waals surface area contributed by atoms with Crippen molar-refractivity contribution in [2.24, 2.45) is 0 Å². The number of hydrogen-bond acceptors (Lipinski definition) is 3. The molecule has 0 radical (unpaired) electrons. The molecule has 1 aliphatic rings. The molecule has 5 nitrogen and oxygen atoms in total.